The normalized spacial score (nSPS) is 13.5. The van der Waals surface area contributed by atoms with E-state index in [0.29, 0.717) is 6.42 Å². The summed E-state index contributed by atoms with van der Waals surface area (Å²) in [6, 6.07) is 3.09. The van der Waals surface area contributed by atoms with Crippen LogP contribution in [0, 0.1) is 0 Å². The van der Waals surface area contributed by atoms with Gasteiger partial charge in [-0.2, -0.15) is 13.2 Å². The quantitative estimate of drug-likeness (QED) is 0.668. The van der Waals surface area contributed by atoms with Gasteiger partial charge >= 0.3 is 6.18 Å². The van der Waals surface area contributed by atoms with Crippen molar-refractivity contribution in [3.63, 3.8) is 0 Å². The van der Waals surface area contributed by atoms with Crippen LogP contribution in [0.15, 0.2) is 28.7 Å². The predicted octanol–water partition coefficient (Wildman–Crippen LogP) is 5.18. The second kappa shape index (κ2) is 7.75. The summed E-state index contributed by atoms with van der Waals surface area (Å²) in [6.07, 6.45) is -4.13. The van der Waals surface area contributed by atoms with Gasteiger partial charge in [0.2, 0.25) is 6.10 Å². The molecule has 0 aliphatic carbocycles. The lowest BCUT2D eigenvalue weighted by molar-refractivity contribution is -0.239. The van der Waals surface area contributed by atoms with Crippen molar-refractivity contribution >= 4 is 23.7 Å². The Morgan fingerprint density at radius 1 is 1.35 bits per heavy atom. The van der Waals surface area contributed by atoms with Gasteiger partial charge in [-0.25, -0.2) is 4.98 Å². The van der Waals surface area contributed by atoms with Crippen molar-refractivity contribution in [2.45, 2.75) is 51.5 Å². The van der Waals surface area contributed by atoms with E-state index in [1.165, 1.54) is 17.4 Å². The Labute approximate surface area is 154 Å². The molecule has 1 heterocycles. The third-order valence-electron chi connectivity index (χ3n) is 3.75. The Morgan fingerprint density at radius 2 is 2.04 bits per heavy atom. The van der Waals surface area contributed by atoms with E-state index in [1.54, 1.807) is 12.3 Å². The summed E-state index contributed by atoms with van der Waals surface area (Å²) >= 11 is 1.43. The first-order valence-electron chi connectivity index (χ1n) is 8.07. The predicted molar refractivity (Wildman–Crippen MR) is 97.5 cm³/mol. The molecular formula is C18H21F3N2O2S. The summed E-state index contributed by atoms with van der Waals surface area (Å²) < 4.78 is 45.2. The molecule has 0 aliphatic rings. The zero-order valence-electron chi connectivity index (χ0n) is 14.8. The summed E-state index contributed by atoms with van der Waals surface area (Å²) in [5, 5.41) is 12.5. The Balaban J connectivity index is 2.56. The molecule has 1 aromatic heterocycles. The number of aromatic nitrogens is 1. The highest BCUT2D eigenvalue weighted by atomic mass is 32.1. The van der Waals surface area contributed by atoms with Crippen molar-refractivity contribution in [2.75, 3.05) is 0 Å². The van der Waals surface area contributed by atoms with Crippen LogP contribution in [0.5, 0.6) is 5.75 Å². The van der Waals surface area contributed by atoms with E-state index in [-0.39, 0.29) is 11.4 Å². The number of halogens is 3. The molecule has 8 heteroatoms. The molecule has 4 nitrogen and oxygen atoms in total. The molecule has 0 bridgehead atoms. The number of nitrogens with zero attached hydrogens (tertiary/aromatic N) is 2. The minimum Gasteiger partial charge on any atom is -0.476 e. The van der Waals surface area contributed by atoms with Gasteiger partial charge in [0.15, 0.2) is 0 Å². The van der Waals surface area contributed by atoms with Gasteiger partial charge in [0.25, 0.3) is 0 Å². The molecule has 1 aromatic carbocycles. The summed E-state index contributed by atoms with van der Waals surface area (Å²) in [6.45, 7) is 7.57. The van der Waals surface area contributed by atoms with Gasteiger partial charge in [-0.1, -0.05) is 13.3 Å². The van der Waals surface area contributed by atoms with Gasteiger partial charge in [0, 0.05) is 17.1 Å². The molecule has 142 valence electrons. The Morgan fingerprint density at radius 3 is 2.50 bits per heavy atom. The van der Waals surface area contributed by atoms with Gasteiger partial charge in [0.05, 0.1) is 0 Å². The number of alkyl halides is 3. The molecule has 26 heavy (non-hydrogen) atoms. The lowest BCUT2D eigenvalue weighted by atomic mass is 9.99. The van der Waals surface area contributed by atoms with E-state index in [2.05, 4.69) is 16.7 Å². The monoisotopic (exact) mass is 386 g/mol. The second-order valence-corrected chi connectivity index (χ2v) is 7.27. The van der Waals surface area contributed by atoms with Crippen molar-refractivity contribution in [1.82, 2.24) is 4.98 Å². The highest BCUT2D eigenvalue weighted by Crippen LogP contribution is 2.42. The van der Waals surface area contributed by atoms with Gasteiger partial charge in [-0.3, -0.25) is 4.99 Å². The van der Waals surface area contributed by atoms with E-state index in [9.17, 15) is 18.3 Å². The molecule has 2 rings (SSSR count). The number of benzene rings is 1. The van der Waals surface area contributed by atoms with Crippen LogP contribution in [0.1, 0.15) is 32.8 Å². The molecule has 0 saturated carbocycles. The number of aliphatic hydroxyl groups is 1. The van der Waals surface area contributed by atoms with Crippen molar-refractivity contribution in [2.24, 2.45) is 4.99 Å². The van der Waals surface area contributed by atoms with Gasteiger partial charge < -0.3 is 9.84 Å². The van der Waals surface area contributed by atoms with Crippen LogP contribution in [0.25, 0.3) is 10.6 Å². The minimum atomic E-state index is -4.74. The standard InChI is InChI=1S/C18H21F3N2O2S/c1-5-6-11-12(15-23-9-10-26-15)7-8-13(14(11)22-4)25-16(17(2,3)24)18(19,20)21/h7-10,16,24H,4-6H2,1-3H3. The molecule has 1 atom stereocenters. The van der Waals surface area contributed by atoms with E-state index >= 15 is 0 Å². The maximum atomic E-state index is 13.3. The van der Waals surface area contributed by atoms with Crippen molar-refractivity contribution in [1.29, 1.82) is 0 Å². The first-order chi connectivity index (χ1) is 12.1. The number of ether oxygens (including phenoxy) is 1. The topological polar surface area (TPSA) is 54.7 Å². The average Bonchev–Trinajstić information content (AvgIpc) is 3.04. The third kappa shape index (κ3) is 4.42. The van der Waals surface area contributed by atoms with Crippen molar-refractivity contribution in [3.8, 4) is 16.3 Å². The first-order valence-corrected chi connectivity index (χ1v) is 8.95. The minimum absolute atomic E-state index is 0.0618. The van der Waals surface area contributed by atoms with Gasteiger partial charge in [-0.05, 0) is 44.7 Å². The summed E-state index contributed by atoms with van der Waals surface area (Å²) in [5.41, 5.74) is -0.344. The second-order valence-electron chi connectivity index (χ2n) is 6.38. The smallest absolute Gasteiger partial charge is 0.428 e. The highest BCUT2D eigenvalue weighted by molar-refractivity contribution is 7.13. The van der Waals surface area contributed by atoms with Gasteiger partial charge in [-0.15, -0.1) is 11.3 Å². The van der Waals surface area contributed by atoms with Crippen LogP contribution in [0.3, 0.4) is 0 Å². The van der Waals surface area contributed by atoms with Crippen molar-refractivity contribution < 1.29 is 23.0 Å². The molecule has 0 spiro atoms. The zero-order chi connectivity index (χ0) is 19.5. The number of hydrogen-bond donors (Lipinski definition) is 1. The number of aliphatic imine (C=N–C) groups is 1. The average molecular weight is 386 g/mol. The van der Waals surface area contributed by atoms with Crippen LogP contribution in [-0.2, 0) is 6.42 Å². The lowest BCUT2D eigenvalue weighted by Crippen LogP contribution is -2.50. The summed E-state index contributed by atoms with van der Waals surface area (Å²) in [7, 11) is 0. The lowest BCUT2D eigenvalue weighted by Gasteiger charge is -2.32. The number of thiazole rings is 1. The van der Waals surface area contributed by atoms with Gasteiger partial charge in [0.1, 0.15) is 22.0 Å². The van der Waals surface area contributed by atoms with E-state index in [4.69, 9.17) is 4.74 Å². The maximum absolute atomic E-state index is 13.3. The Kier molecular flexibility index (Phi) is 6.08. The zero-order valence-corrected chi connectivity index (χ0v) is 15.6. The molecule has 0 radical (unpaired) electrons. The van der Waals surface area contributed by atoms with Crippen LogP contribution in [0.4, 0.5) is 18.9 Å². The van der Waals surface area contributed by atoms with Crippen molar-refractivity contribution in [3.05, 3.63) is 29.3 Å². The third-order valence-corrected chi connectivity index (χ3v) is 4.56. The SMILES string of the molecule is C=Nc1c(OC(C(C)(C)O)C(F)(F)F)ccc(-c2nccs2)c1CCC. The Bertz CT molecular complexity index is 739. The molecular weight excluding hydrogens is 365 g/mol. The summed E-state index contributed by atoms with van der Waals surface area (Å²) in [5.74, 6) is -0.0618. The van der Waals surface area contributed by atoms with Crippen LogP contribution in [0.2, 0.25) is 0 Å². The van der Waals surface area contributed by atoms with Crippen LogP contribution < -0.4 is 4.74 Å². The molecule has 2 aromatic rings. The first kappa shape index (κ1) is 20.4. The van der Waals surface area contributed by atoms with E-state index < -0.39 is 17.9 Å². The molecule has 0 saturated heterocycles. The highest BCUT2D eigenvalue weighted by Gasteiger charge is 2.51. The van der Waals surface area contributed by atoms with Crippen LogP contribution in [-0.4, -0.2) is 34.7 Å². The molecule has 1 unspecified atom stereocenters. The number of hydrogen-bond acceptors (Lipinski definition) is 5. The fourth-order valence-electron chi connectivity index (χ4n) is 2.68. The largest absolute Gasteiger partial charge is 0.476 e. The number of rotatable bonds is 7. The van der Waals surface area contributed by atoms with Crippen LogP contribution >= 0.6 is 11.3 Å². The van der Waals surface area contributed by atoms with E-state index in [1.807, 2.05) is 12.3 Å². The summed E-state index contributed by atoms with van der Waals surface area (Å²) in [4.78, 5) is 8.20. The van der Waals surface area contributed by atoms with E-state index in [0.717, 1.165) is 36.4 Å². The Hall–Kier alpha value is -1.93. The molecule has 0 fully saturated rings. The fourth-order valence-corrected chi connectivity index (χ4v) is 3.37. The fraction of sp³-hybridized carbons (Fsp3) is 0.444. The molecule has 1 N–H and O–H groups in total. The molecule has 0 amide bonds. The maximum Gasteiger partial charge on any atom is 0.428 e. The molecule has 0 aliphatic heterocycles.